The van der Waals surface area contributed by atoms with Gasteiger partial charge in [0.2, 0.25) is 0 Å². The van der Waals surface area contributed by atoms with Gasteiger partial charge in [-0.3, -0.25) is 0 Å². The zero-order valence-electron chi connectivity index (χ0n) is 11.9. The van der Waals surface area contributed by atoms with Crippen molar-refractivity contribution in [3.8, 4) is 0 Å². The van der Waals surface area contributed by atoms with Gasteiger partial charge < -0.3 is 9.84 Å². The first-order chi connectivity index (χ1) is 9.29. The highest BCUT2D eigenvalue weighted by Gasteiger charge is 2.28. The summed E-state index contributed by atoms with van der Waals surface area (Å²) >= 11 is 0. The molecular formula is C17H26O2. The zero-order chi connectivity index (χ0) is 13.5. The molecule has 2 heteroatoms. The van der Waals surface area contributed by atoms with Crippen molar-refractivity contribution in [2.45, 2.75) is 57.7 Å². The molecule has 0 radical (unpaired) electrons. The standard InChI is InChI=1S/C17H26O2/c1-2-14-10-11-16(18)17(13-14)19-12-6-9-15-7-4-3-5-8-15/h3-5,7-8,14,16-18H,2,6,9-13H2,1H3. The molecular weight excluding hydrogens is 236 g/mol. The van der Waals surface area contributed by atoms with E-state index in [4.69, 9.17) is 4.74 Å². The van der Waals surface area contributed by atoms with Crippen molar-refractivity contribution in [3.63, 3.8) is 0 Å². The lowest BCUT2D eigenvalue weighted by Crippen LogP contribution is -2.36. The minimum Gasteiger partial charge on any atom is -0.390 e. The fourth-order valence-electron chi connectivity index (χ4n) is 2.90. The maximum Gasteiger partial charge on any atom is 0.0836 e. The summed E-state index contributed by atoms with van der Waals surface area (Å²) in [5.41, 5.74) is 1.36. The van der Waals surface area contributed by atoms with Crippen LogP contribution in [0.1, 0.15) is 44.6 Å². The number of aliphatic hydroxyl groups is 1. The van der Waals surface area contributed by atoms with E-state index in [1.54, 1.807) is 0 Å². The molecule has 2 nitrogen and oxygen atoms in total. The first-order valence-electron chi connectivity index (χ1n) is 7.63. The Kier molecular flexibility index (Phi) is 5.87. The molecule has 1 fully saturated rings. The van der Waals surface area contributed by atoms with Crippen LogP contribution in [-0.4, -0.2) is 23.9 Å². The monoisotopic (exact) mass is 262 g/mol. The quantitative estimate of drug-likeness (QED) is 0.794. The molecule has 0 saturated heterocycles. The summed E-state index contributed by atoms with van der Waals surface area (Å²) in [4.78, 5) is 0. The number of benzene rings is 1. The van der Waals surface area contributed by atoms with Crippen LogP contribution in [0.4, 0.5) is 0 Å². The van der Waals surface area contributed by atoms with E-state index in [0.717, 1.165) is 44.6 Å². The maximum absolute atomic E-state index is 9.97. The van der Waals surface area contributed by atoms with E-state index in [9.17, 15) is 5.11 Å². The molecule has 3 atom stereocenters. The predicted molar refractivity (Wildman–Crippen MR) is 78.1 cm³/mol. The van der Waals surface area contributed by atoms with E-state index in [1.165, 1.54) is 12.0 Å². The highest BCUT2D eigenvalue weighted by molar-refractivity contribution is 5.14. The van der Waals surface area contributed by atoms with E-state index in [2.05, 4.69) is 31.2 Å². The summed E-state index contributed by atoms with van der Waals surface area (Å²) in [6.07, 6.45) is 6.20. The lowest BCUT2D eigenvalue weighted by atomic mass is 9.84. The predicted octanol–water partition coefficient (Wildman–Crippen LogP) is 3.58. The summed E-state index contributed by atoms with van der Waals surface area (Å²) in [7, 11) is 0. The Labute approximate surface area is 116 Å². The maximum atomic E-state index is 9.97. The molecule has 0 heterocycles. The van der Waals surface area contributed by atoms with Gasteiger partial charge >= 0.3 is 0 Å². The second-order valence-electron chi connectivity index (χ2n) is 5.65. The van der Waals surface area contributed by atoms with Crippen LogP contribution in [0.5, 0.6) is 0 Å². The highest BCUT2D eigenvalue weighted by atomic mass is 16.5. The largest absolute Gasteiger partial charge is 0.390 e. The van der Waals surface area contributed by atoms with Gasteiger partial charge in [0, 0.05) is 6.61 Å². The van der Waals surface area contributed by atoms with Crippen molar-refractivity contribution in [3.05, 3.63) is 35.9 Å². The third-order valence-corrected chi connectivity index (χ3v) is 4.23. The Morgan fingerprint density at radius 3 is 2.74 bits per heavy atom. The number of aliphatic hydroxyl groups excluding tert-OH is 1. The molecule has 106 valence electrons. The molecule has 0 spiro atoms. The van der Waals surface area contributed by atoms with Crippen LogP contribution >= 0.6 is 0 Å². The molecule has 1 aromatic carbocycles. The third-order valence-electron chi connectivity index (χ3n) is 4.23. The third kappa shape index (κ3) is 4.63. The summed E-state index contributed by atoms with van der Waals surface area (Å²) in [5, 5.41) is 9.97. The molecule has 3 unspecified atom stereocenters. The van der Waals surface area contributed by atoms with Crippen molar-refractivity contribution in [2.75, 3.05) is 6.61 Å². The second-order valence-corrected chi connectivity index (χ2v) is 5.65. The van der Waals surface area contributed by atoms with Gasteiger partial charge in [0.15, 0.2) is 0 Å². The van der Waals surface area contributed by atoms with Crippen molar-refractivity contribution >= 4 is 0 Å². The molecule has 1 aromatic rings. The van der Waals surface area contributed by atoms with Crippen LogP contribution in [0.15, 0.2) is 30.3 Å². The van der Waals surface area contributed by atoms with E-state index >= 15 is 0 Å². The lowest BCUT2D eigenvalue weighted by Gasteiger charge is -2.32. The Morgan fingerprint density at radius 1 is 1.21 bits per heavy atom. The second kappa shape index (κ2) is 7.66. The van der Waals surface area contributed by atoms with Crippen LogP contribution in [0.2, 0.25) is 0 Å². The number of aryl methyl sites for hydroxylation is 1. The summed E-state index contributed by atoms with van der Waals surface area (Å²) in [5.74, 6) is 0.738. The van der Waals surface area contributed by atoms with Gasteiger partial charge in [0.05, 0.1) is 12.2 Å². The molecule has 0 bridgehead atoms. The molecule has 1 N–H and O–H groups in total. The van der Waals surface area contributed by atoms with Crippen LogP contribution in [0.3, 0.4) is 0 Å². The highest BCUT2D eigenvalue weighted by Crippen LogP contribution is 2.28. The Hall–Kier alpha value is -0.860. The fourth-order valence-corrected chi connectivity index (χ4v) is 2.90. The van der Waals surface area contributed by atoms with E-state index in [0.29, 0.717) is 0 Å². The van der Waals surface area contributed by atoms with Gasteiger partial charge in [-0.2, -0.15) is 0 Å². The zero-order valence-corrected chi connectivity index (χ0v) is 11.9. The first kappa shape index (κ1) is 14.5. The molecule has 0 aliphatic heterocycles. The van der Waals surface area contributed by atoms with Gasteiger partial charge in [0.25, 0.3) is 0 Å². The minimum absolute atomic E-state index is 0.0643. The van der Waals surface area contributed by atoms with Gasteiger partial charge in [-0.05, 0) is 43.6 Å². The van der Waals surface area contributed by atoms with Crippen molar-refractivity contribution in [1.29, 1.82) is 0 Å². The van der Waals surface area contributed by atoms with Crippen LogP contribution in [0, 0.1) is 5.92 Å². The molecule has 1 aliphatic carbocycles. The first-order valence-corrected chi connectivity index (χ1v) is 7.63. The Bertz CT molecular complexity index is 350. The number of hydrogen-bond donors (Lipinski definition) is 1. The molecule has 1 saturated carbocycles. The molecule has 19 heavy (non-hydrogen) atoms. The summed E-state index contributed by atoms with van der Waals surface area (Å²) in [6.45, 7) is 2.99. The number of rotatable bonds is 6. The van der Waals surface area contributed by atoms with E-state index in [1.807, 2.05) is 6.07 Å². The molecule has 0 aromatic heterocycles. The average molecular weight is 262 g/mol. The summed E-state index contributed by atoms with van der Waals surface area (Å²) < 4.78 is 5.90. The van der Waals surface area contributed by atoms with Gasteiger partial charge in [0.1, 0.15) is 0 Å². The lowest BCUT2D eigenvalue weighted by molar-refractivity contribution is -0.0720. The van der Waals surface area contributed by atoms with Gasteiger partial charge in [-0.25, -0.2) is 0 Å². The normalized spacial score (nSPS) is 27.4. The minimum atomic E-state index is -0.250. The van der Waals surface area contributed by atoms with Crippen molar-refractivity contribution < 1.29 is 9.84 Å². The van der Waals surface area contributed by atoms with E-state index < -0.39 is 0 Å². The van der Waals surface area contributed by atoms with E-state index in [-0.39, 0.29) is 12.2 Å². The van der Waals surface area contributed by atoms with Crippen molar-refractivity contribution in [1.82, 2.24) is 0 Å². The SMILES string of the molecule is CCC1CCC(O)C(OCCCc2ccccc2)C1. The fraction of sp³-hybridized carbons (Fsp3) is 0.647. The topological polar surface area (TPSA) is 29.5 Å². The molecule has 0 amide bonds. The van der Waals surface area contributed by atoms with Crippen LogP contribution in [-0.2, 0) is 11.2 Å². The molecule has 2 rings (SSSR count). The smallest absolute Gasteiger partial charge is 0.0836 e. The average Bonchev–Trinajstić information content (AvgIpc) is 2.46. The van der Waals surface area contributed by atoms with Gasteiger partial charge in [-0.1, -0.05) is 43.7 Å². The van der Waals surface area contributed by atoms with Gasteiger partial charge in [-0.15, -0.1) is 0 Å². The molecule has 1 aliphatic rings. The van der Waals surface area contributed by atoms with Crippen LogP contribution in [0.25, 0.3) is 0 Å². The number of ether oxygens (including phenoxy) is 1. The Balaban J connectivity index is 1.67. The van der Waals surface area contributed by atoms with Crippen LogP contribution < -0.4 is 0 Å². The number of hydrogen-bond acceptors (Lipinski definition) is 2. The Morgan fingerprint density at radius 2 is 2.00 bits per heavy atom. The summed E-state index contributed by atoms with van der Waals surface area (Å²) in [6, 6.07) is 10.5. The van der Waals surface area contributed by atoms with Crippen molar-refractivity contribution in [2.24, 2.45) is 5.92 Å².